The van der Waals surface area contributed by atoms with Gasteiger partial charge in [-0.25, -0.2) is 4.99 Å². The van der Waals surface area contributed by atoms with E-state index >= 15 is 0 Å². The Hall–Kier alpha value is -3.97. The van der Waals surface area contributed by atoms with Crippen LogP contribution in [0.15, 0.2) is 71.4 Å². The molecule has 0 atom stereocenters. The summed E-state index contributed by atoms with van der Waals surface area (Å²) in [5.41, 5.74) is 2.20. The summed E-state index contributed by atoms with van der Waals surface area (Å²) in [5, 5.41) is 0.376. The summed E-state index contributed by atoms with van der Waals surface area (Å²) in [6.45, 7) is 0. The highest BCUT2D eigenvalue weighted by atomic mass is 35.5. The second-order valence-corrected chi connectivity index (χ2v) is 7.64. The number of amides is 1. The van der Waals surface area contributed by atoms with E-state index in [1.54, 1.807) is 57.7 Å². The number of anilines is 1. The van der Waals surface area contributed by atoms with Crippen molar-refractivity contribution in [2.75, 3.05) is 33.3 Å². The second kappa shape index (κ2) is 9.89. The monoisotopic (exact) mass is 478 g/mol. The number of halogens is 1. The maximum Gasteiger partial charge on any atom is 0.282 e. The third-order valence-electron chi connectivity index (χ3n) is 5.33. The highest BCUT2D eigenvalue weighted by molar-refractivity contribution is 6.35. The van der Waals surface area contributed by atoms with Crippen molar-refractivity contribution in [2.24, 2.45) is 4.99 Å². The van der Waals surface area contributed by atoms with Gasteiger partial charge in [0.15, 0.2) is 11.5 Å². The number of hydrogen-bond donors (Lipinski definition) is 0. The summed E-state index contributed by atoms with van der Waals surface area (Å²) in [7, 11) is 6.23. The van der Waals surface area contributed by atoms with Gasteiger partial charge in [-0.2, -0.15) is 0 Å². The summed E-state index contributed by atoms with van der Waals surface area (Å²) in [6.07, 6.45) is 1.70. The molecule has 3 aromatic rings. The minimum atomic E-state index is -0.308. The molecule has 0 unspecified atom stereocenters. The van der Waals surface area contributed by atoms with E-state index in [2.05, 4.69) is 0 Å². The van der Waals surface area contributed by atoms with E-state index in [1.165, 1.54) is 12.0 Å². The molecule has 1 aliphatic heterocycles. The number of nitrogens with zero attached hydrogens (tertiary/aromatic N) is 2. The summed E-state index contributed by atoms with van der Waals surface area (Å²) < 4.78 is 21.5. The smallest absolute Gasteiger partial charge is 0.282 e. The number of carbonyl (C=O) groups is 1. The number of hydrogen-bond acceptors (Lipinski definition) is 6. The summed E-state index contributed by atoms with van der Waals surface area (Å²) in [6, 6.07) is 17.9. The number of benzene rings is 3. The number of carbonyl (C=O) groups excluding carboxylic acids is 1. The number of rotatable bonds is 7. The molecular weight excluding hydrogens is 456 g/mol. The molecule has 34 heavy (non-hydrogen) atoms. The molecule has 174 valence electrons. The highest BCUT2D eigenvalue weighted by Crippen LogP contribution is 2.36. The highest BCUT2D eigenvalue weighted by Gasteiger charge is 2.33. The molecule has 0 saturated carbocycles. The molecular formula is C26H23ClN2O5. The van der Waals surface area contributed by atoms with Crippen molar-refractivity contribution < 1.29 is 23.7 Å². The average molecular weight is 479 g/mol. The largest absolute Gasteiger partial charge is 0.496 e. The van der Waals surface area contributed by atoms with Crippen LogP contribution in [0.5, 0.6) is 23.0 Å². The Morgan fingerprint density at radius 1 is 0.794 bits per heavy atom. The quantitative estimate of drug-likeness (QED) is 0.436. The molecule has 1 heterocycles. The third kappa shape index (κ3) is 4.30. The zero-order valence-electron chi connectivity index (χ0n) is 19.2. The molecule has 0 radical (unpaired) electrons. The van der Waals surface area contributed by atoms with Crippen LogP contribution in [0, 0.1) is 0 Å². The van der Waals surface area contributed by atoms with Crippen LogP contribution in [-0.4, -0.2) is 40.2 Å². The fourth-order valence-corrected chi connectivity index (χ4v) is 3.90. The first-order chi connectivity index (χ1) is 16.5. The molecule has 7 nitrogen and oxygen atoms in total. The van der Waals surface area contributed by atoms with Gasteiger partial charge in [0.1, 0.15) is 23.0 Å². The first-order valence-electron chi connectivity index (χ1n) is 10.3. The Morgan fingerprint density at radius 3 is 2.15 bits per heavy atom. The van der Waals surface area contributed by atoms with Gasteiger partial charge in [-0.3, -0.25) is 9.69 Å². The van der Waals surface area contributed by atoms with Crippen LogP contribution in [-0.2, 0) is 4.79 Å². The second-order valence-electron chi connectivity index (χ2n) is 7.24. The van der Waals surface area contributed by atoms with E-state index in [0.717, 1.165) is 5.56 Å². The Kier molecular flexibility index (Phi) is 6.75. The van der Waals surface area contributed by atoms with Gasteiger partial charge in [0.2, 0.25) is 0 Å². The van der Waals surface area contributed by atoms with Gasteiger partial charge in [-0.1, -0.05) is 29.8 Å². The molecule has 4 rings (SSSR count). The van der Waals surface area contributed by atoms with Gasteiger partial charge in [-0.05, 0) is 48.5 Å². The fourth-order valence-electron chi connectivity index (χ4n) is 3.65. The molecule has 3 aromatic carbocycles. The number of ether oxygens (including phenoxy) is 4. The Bertz CT molecular complexity index is 1300. The Labute approximate surface area is 202 Å². The molecule has 0 saturated heterocycles. The van der Waals surface area contributed by atoms with E-state index in [4.69, 9.17) is 35.5 Å². The predicted molar refractivity (Wildman–Crippen MR) is 133 cm³/mol. The van der Waals surface area contributed by atoms with Gasteiger partial charge < -0.3 is 18.9 Å². The minimum Gasteiger partial charge on any atom is -0.496 e. The van der Waals surface area contributed by atoms with Crippen molar-refractivity contribution in [3.63, 3.8) is 0 Å². The van der Waals surface area contributed by atoms with Gasteiger partial charge in [0.05, 0.1) is 39.1 Å². The van der Waals surface area contributed by atoms with Crippen molar-refractivity contribution in [3.05, 3.63) is 82.5 Å². The van der Waals surface area contributed by atoms with Gasteiger partial charge in [-0.15, -0.1) is 0 Å². The zero-order valence-corrected chi connectivity index (χ0v) is 19.9. The van der Waals surface area contributed by atoms with Crippen molar-refractivity contribution in [1.29, 1.82) is 0 Å². The Morgan fingerprint density at radius 2 is 1.47 bits per heavy atom. The number of para-hydroxylation sites is 1. The molecule has 0 fully saturated rings. The number of aliphatic imine (C=N–C) groups is 1. The molecule has 1 aliphatic rings. The molecule has 0 spiro atoms. The minimum absolute atomic E-state index is 0.251. The van der Waals surface area contributed by atoms with Crippen LogP contribution in [0.3, 0.4) is 0 Å². The van der Waals surface area contributed by atoms with E-state index in [-0.39, 0.29) is 11.6 Å². The standard InChI is InChI=1S/C26H23ClN2O5/c1-31-21-8-6-5-7-16(21)13-20-26(30)29(18-10-12-22(32-2)19(27)15-18)25(28-20)17-9-11-23(33-3)24(14-17)34-4/h5-15H,1-4H3/b20-13-. The maximum atomic E-state index is 13.6. The van der Waals surface area contributed by atoms with Crippen LogP contribution in [0.1, 0.15) is 11.1 Å². The first kappa shape index (κ1) is 23.2. The van der Waals surface area contributed by atoms with Crippen molar-refractivity contribution in [2.45, 2.75) is 0 Å². The van der Waals surface area contributed by atoms with Crippen LogP contribution in [0.2, 0.25) is 5.02 Å². The molecule has 8 heteroatoms. The van der Waals surface area contributed by atoms with E-state index in [0.29, 0.717) is 45.1 Å². The molecule has 0 N–H and O–H groups in total. The molecule has 0 aromatic heterocycles. The van der Waals surface area contributed by atoms with Crippen LogP contribution in [0.25, 0.3) is 6.08 Å². The normalized spacial score (nSPS) is 14.3. The van der Waals surface area contributed by atoms with Crippen molar-refractivity contribution >= 4 is 35.1 Å². The topological polar surface area (TPSA) is 69.6 Å². The van der Waals surface area contributed by atoms with Crippen LogP contribution < -0.4 is 23.8 Å². The average Bonchev–Trinajstić information content (AvgIpc) is 3.19. The summed E-state index contributed by atoms with van der Waals surface area (Å²) >= 11 is 6.37. The molecule has 0 aliphatic carbocycles. The lowest BCUT2D eigenvalue weighted by Crippen LogP contribution is -2.32. The third-order valence-corrected chi connectivity index (χ3v) is 5.62. The lowest BCUT2D eigenvalue weighted by Gasteiger charge is -2.20. The summed E-state index contributed by atoms with van der Waals surface area (Å²) in [5.74, 6) is 2.35. The SMILES string of the molecule is COc1ccc(N2C(=O)/C(=C/c3ccccc3OC)N=C2c2ccc(OC)c(OC)c2)cc1Cl. The maximum absolute atomic E-state index is 13.6. The van der Waals surface area contributed by atoms with Crippen LogP contribution >= 0.6 is 11.6 Å². The van der Waals surface area contributed by atoms with E-state index in [9.17, 15) is 4.79 Å². The fraction of sp³-hybridized carbons (Fsp3) is 0.154. The van der Waals surface area contributed by atoms with Crippen LogP contribution in [0.4, 0.5) is 5.69 Å². The van der Waals surface area contributed by atoms with Crippen molar-refractivity contribution in [1.82, 2.24) is 0 Å². The molecule has 1 amide bonds. The number of methoxy groups -OCH3 is 4. The van der Waals surface area contributed by atoms with Crippen molar-refractivity contribution in [3.8, 4) is 23.0 Å². The first-order valence-corrected chi connectivity index (χ1v) is 10.7. The zero-order chi connectivity index (χ0) is 24.2. The predicted octanol–water partition coefficient (Wildman–Crippen LogP) is 5.21. The lowest BCUT2D eigenvalue weighted by atomic mass is 10.1. The van der Waals surface area contributed by atoms with Gasteiger partial charge >= 0.3 is 0 Å². The van der Waals surface area contributed by atoms with E-state index in [1.807, 2.05) is 30.3 Å². The Balaban J connectivity index is 1.87. The van der Waals surface area contributed by atoms with E-state index < -0.39 is 0 Å². The number of amidine groups is 1. The van der Waals surface area contributed by atoms with Gasteiger partial charge in [0.25, 0.3) is 5.91 Å². The summed E-state index contributed by atoms with van der Waals surface area (Å²) in [4.78, 5) is 19.8. The lowest BCUT2D eigenvalue weighted by molar-refractivity contribution is -0.113. The molecule has 0 bridgehead atoms. The van der Waals surface area contributed by atoms with Gasteiger partial charge in [0, 0.05) is 11.1 Å².